The largest absolute Gasteiger partial charge is 0.416 e. The molecule has 0 aromatic heterocycles. The normalized spacial score (nSPS) is 16.8. The van der Waals surface area contributed by atoms with E-state index in [0.29, 0.717) is 24.4 Å². The van der Waals surface area contributed by atoms with E-state index in [0.717, 1.165) is 12.1 Å². The van der Waals surface area contributed by atoms with Crippen LogP contribution in [0.3, 0.4) is 0 Å². The molecule has 0 aliphatic carbocycles. The van der Waals surface area contributed by atoms with E-state index in [1.165, 1.54) is 6.07 Å². The maximum absolute atomic E-state index is 12.7. The van der Waals surface area contributed by atoms with Gasteiger partial charge in [-0.25, -0.2) is 0 Å². The van der Waals surface area contributed by atoms with Crippen LogP contribution in [0.25, 0.3) is 0 Å². The molecule has 2 unspecified atom stereocenters. The van der Waals surface area contributed by atoms with Crippen molar-refractivity contribution < 1.29 is 18.3 Å². The van der Waals surface area contributed by atoms with Gasteiger partial charge in [-0.1, -0.05) is 26.0 Å². The van der Waals surface area contributed by atoms with Crippen molar-refractivity contribution in [2.24, 2.45) is 5.92 Å². The molecule has 0 saturated heterocycles. The van der Waals surface area contributed by atoms with Gasteiger partial charge in [-0.15, -0.1) is 0 Å². The molecular weight excluding hydrogens is 279 g/mol. The Hall–Kier alpha value is -1.07. The first kappa shape index (κ1) is 18.0. The number of hydrogen-bond acceptors (Lipinski definition) is 2. The van der Waals surface area contributed by atoms with Crippen molar-refractivity contribution in [3.05, 3.63) is 35.4 Å². The zero-order valence-electron chi connectivity index (χ0n) is 13.0. The molecule has 0 aliphatic heterocycles. The van der Waals surface area contributed by atoms with Gasteiger partial charge in [-0.2, -0.15) is 13.2 Å². The van der Waals surface area contributed by atoms with Crippen LogP contribution in [0.15, 0.2) is 24.3 Å². The lowest BCUT2D eigenvalue weighted by Crippen LogP contribution is -2.39. The number of hydrogen-bond donors (Lipinski definition) is 2. The van der Waals surface area contributed by atoms with Crippen molar-refractivity contribution in [1.82, 2.24) is 5.32 Å². The second-order valence-corrected chi connectivity index (χ2v) is 6.32. The number of alkyl halides is 3. The van der Waals surface area contributed by atoms with Crippen LogP contribution in [-0.2, 0) is 6.18 Å². The zero-order valence-corrected chi connectivity index (χ0v) is 13.0. The van der Waals surface area contributed by atoms with Crippen LogP contribution in [0.4, 0.5) is 13.2 Å². The second-order valence-electron chi connectivity index (χ2n) is 6.32. The Morgan fingerprint density at radius 2 is 1.81 bits per heavy atom. The van der Waals surface area contributed by atoms with Gasteiger partial charge in [0.25, 0.3) is 0 Å². The fraction of sp³-hybridized carbons (Fsp3) is 0.625. The van der Waals surface area contributed by atoms with Crippen molar-refractivity contribution in [3.8, 4) is 0 Å². The van der Waals surface area contributed by atoms with Crippen LogP contribution < -0.4 is 5.32 Å². The molecule has 0 fully saturated rings. The lowest BCUT2D eigenvalue weighted by Gasteiger charge is -2.28. The molecule has 0 heterocycles. The smallest absolute Gasteiger partial charge is 0.389 e. The van der Waals surface area contributed by atoms with E-state index in [1.807, 2.05) is 13.8 Å². The average molecular weight is 303 g/mol. The summed E-state index contributed by atoms with van der Waals surface area (Å²) < 4.78 is 38.1. The summed E-state index contributed by atoms with van der Waals surface area (Å²) in [5.74, 6) is 0.352. The highest BCUT2D eigenvalue weighted by Gasteiger charge is 2.31. The Bertz CT molecular complexity index is 455. The maximum atomic E-state index is 12.7. The summed E-state index contributed by atoms with van der Waals surface area (Å²) in [5.41, 5.74) is -0.961. The zero-order chi connectivity index (χ0) is 16.3. The van der Waals surface area contributed by atoms with Crippen LogP contribution in [0.1, 0.15) is 51.3 Å². The van der Waals surface area contributed by atoms with Gasteiger partial charge in [-0.3, -0.25) is 0 Å². The van der Waals surface area contributed by atoms with Gasteiger partial charge >= 0.3 is 6.18 Å². The Labute approximate surface area is 124 Å². The van der Waals surface area contributed by atoms with Gasteiger partial charge in [-0.05, 0) is 43.9 Å². The van der Waals surface area contributed by atoms with Crippen molar-refractivity contribution >= 4 is 0 Å². The number of benzene rings is 1. The molecule has 0 amide bonds. The minimum absolute atomic E-state index is 0.258. The van der Waals surface area contributed by atoms with Crippen LogP contribution in [0, 0.1) is 5.92 Å². The minimum Gasteiger partial charge on any atom is -0.389 e. The van der Waals surface area contributed by atoms with Gasteiger partial charge in [0, 0.05) is 12.6 Å². The van der Waals surface area contributed by atoms with E-state index >= 15 is 0 Å². The van der Waals surface area contributed by atoms with E-state index < -0.39 is 17.3 Å². The number of halogens is 3. The molecule has 5 heteroatoms. The van der Waals surface area contributed by atoms with E-state index in [4.69, 9.17) is 0 Å². The molecule has 21 heavy (non-hydrogen) atoms. The van der Waals surface area contributed by atoms with Gasteiger partial charge in [0.1, 0.15) is 0 Å². The van der Waals surface area contributed by atoms with E-state index in [9.17, 15) is 18.3 Å². The highest BCUT2D eigenvalue weighted by molar-refractivity contribution is 5.27. The third-order valence-corrected chi connectivity index (χ3v) is 3.35. The molecule has 1 aromatic rings. The number of aliphatic hydroxyl groups is 1. The SMILES string of the molecule is CC(C)CC(C)(O)CNC(C)c1cccc(C(F)(F)F)c1. The summed E-state index contributed by atoms with van der Waals surface area (Å²) in [7, 11) is 0. The summed E-state index contributed by atoms with van der Waals surface area (Å²) in [6.45, 7) is 7.90. The van der Waals surface area contributed by atoms with E-state index in [-0.39, 0.29) is 6.04 Å². The molecule has 2 atom stereocenters. The van der Waals surface area contributed by atoms with Gasteiger partial charge < -0.3 is 10.4 Å². The van der Waals surface area contributed by atoms with E-state index in [2.05, 4.69) is 5.32 Å². The summed E-state index contributed by atoms with van der Waals surface area (Å²) >= 11 is 0. The number of rotatable bonds is 6. The average Bonchev–Trinajstić information content (AvgIpc) is 2.33. The second kappa shape index (κ2) is 6.79. The molecule has 0 bridgehead atoms. The van der Waals surface area contributed by atoms with Gasteiger partial charge in [0.15, 0.2) is 0 Å². The third kappa shape index (κ3) is 6.06. The fourth-order valence-electron chi connectivity index (χ4n) is 2.43. The Kier molecular flexibility index (Phi) is 5.82. The van der Waals surface area contributed by atoms with Crippen LogP contribution in [-0.4, -0.2) is 17.3 Å². The van der Waals surface area contributed by atoms with Crippen LogP contribution in [0.5, 0.6) is 0 Å². The highest BCUT2D eigenvalue weighted by Crippen LogP contribution is 2.30. The Morgan fingerprint density at radius 3 is 2.33 bits per heavy atom. The summed E-state index contributed by atoms with van der Waals surface area (Å²) in [4.78, 5) is 0. The summed E-state index contributed by atoms with van der Waals surface area (Å²) in [6.07, 6.45) is -3.70. The quantitative estimate of drug-likeness (QED) is 0.827. The standard InChI is InChI=1S/C16H24F3NO/c1-11(2)9-15(4,21)10-20-12(3)13-6-5-7-14(8-13)16(17,18)19/h5-8,11-12,20-21H,9-10H2,1-4H3. The molecule has 2 N–H and O–H groups in total. The van der Waals surface area contributed by atoms with Crippen molar-refractivity contribution in [2.75, 3.05) is 6.54 Å². The topological polar surface area (TPSA) is 32.3 Å². The molecule has 0 spiro atoms. The minimum atomic E-state index is -4.33. The van der Waals surface area contributed by atoms with Crippen LogP contribution >= 0.6 is 0 Å². The molecule has 120 valence electrons. The molecule has 0 radical (unpaired) electrons. The number of nitrogens with one attached hydrogen (secondary N) is 1. The predicted molar refractivity (Wildman–Crippen MR) is 77.9 cm³/mol. The first-order chi connectivity index (χ1) is 9.51. The first-order valence-corrected chi connectivity index (χ1v) is 7.14. The van der Waals surface area contributed by atoms with E-state index in [1.54, 1.807) is 19.9 Å². The molecule has 1 aromatic carbocycles. The lowest BCUT2D eigenvalue weighted by molar-refractivity contribution is -0.137. The molecule has 1 rings (SSSR count). The summed E-state index contributed by atoms with van der Waals surface area (Å²) in [6, 6.07) is 5.01. The fourth-order valence-corrected chi connectivity index (χ4v) is 2.43. The maximum Gasteiger partial charge on any atom is 0.416 e. The third-order valence-electron chi connectivity index (χ3n) is 3.35. The van der Waals surface area contributed by atoms with Crippen molar-refractivity contribution in [2.45, 2.75) is 51.9 Å². The monoisotopic (exact) mass is 303 g/mol. The molecular formula is C16H24F3NO. The molecule has 0 aliphatic rings. The lowest BCUT2D eigenvalue weighted by atomic mass is 9.93. The molecule has 0 saturated carbocycles. The summed E-state index contributed by atoms with van der Waals surface area (Å²) in [5, 5.41) is 13.3. The predicted octanol–water partition coefficient (Wildman–Crippen LogP) is 4.15. The van der Waals surface area contributed by atoms with Gasteiger partial charge in [0.2, 0.25) is 0 Å². The Morgan fingerprint density at radius 1 is 1.19 bits per heavy atom. The molecule has 2 nitrogen and oxygen atoms in total. The van der Waals surface area contributed by atoms with Crippen LogP contribution in [0.2, 0.25) is 0 Å². The van der Waals surface area contributed by atoms with Crippen molar-refractivity contribution in [3.63, 3.8) is 0 Å². The Balaban J connectivity index is 2.70. The van der Waals surface area contributed by atoms with Gasteiger partial charge in [0.05, 0.1) is 11.2 Å². The van der Waals surface area contributed by atoms with Crippen molar-refractivity contribution in [1.29, 1.82) is 0 Å². The first-order valence-electron chi connectivity index (χ1n) is 7.14. The highest BCUT2D eigenvalue weighted by atomic mass is 19.4.